The molecular formula is C13H17NO2. The lowest BCUT2D eigenvalue weighted by atomic mass is 10.1. The molecule has 0 amide bonds. The maximum absolute atomic E-state index is 11.1. The molecule has 2 rings (SSSR count). The number of aromatic carboxylic acids is 1. The minimum Gasteiger partial charge on any atom is -0.478 e. The van der Waals surface area contributed by atoms with Crippen molar-refractivity contribution >= 4 is 11.7 Å². The van der Waals surface area contributed by atoms with Crippen molar-refractivity contribution < 1.29 is 9.90 Å². The van der Waals surface area contributed by atoms with Gasteiger partial charge in [0.1, 0.15) is 0 Å². The number of rotatable bonds is 4. The SMILES string of the molecule is Cc1ccc(C(=O)O)c(NC(C)C2CC2)c1. The maximum atomic E-state index is 11.1. The minimum atomic E-state index is -0.870. The van der Waals surface area contributed by atoms with Crippen LogP contribution in [0.25, 0.3) is 0 Å². The zero-order valence-electron chi connectivity index (χ0n) is 9.66. The Bertz CT molecular complexity index is 410. The molecule has 1 aliphatic carbocycles. The molecule has 0 heterocycles. The van der Waals surface area contributed by atoms with Crippen molar-refractivity contribution in [3.05, 3.63) is 29.3 Å². The van der Waals surface area contributed by atoms with Gasteiger partial charge in [0.05, 0.1) is 5.56 Å². The third-order valence-electron chi connectivity index (χ3n) is 3.12. The second-order valence-electron chi connectivity index (χ2n) is 4.62. The fraction of sp³-hybridized carbons (Fsp3) is 0.462. The van der Waals surface area contributed by atoms with Gasteiger partial charge in [0.25, 0.3) is 0 Å². The third-order valence-corrected chi connectivity index (χ3v) is 3.12. The molecule has 0 saturated heterocycles. The Balaban J connectivity index is 2.22. The van der Waals surface area contributed by atoms with Crippen LogP contribution < -0.4 is 5.32 Å². The van der Waals surface area contributed by atoms with Crippen molar-refractivity contribution in [2.24, 2.45) is 5.92 Å². The first-order chi connectivity index (χ1) is 7.58. The van der Waals surface area contributed by atoms with Crippen LogP contribution in [0.3, 0.4) is 0 Å². The fourth-order valence-corrected chi connectivity index (χ4v) is 1.92. The second-order valence-corrected chi connectivity index (χ2v) is 4.62. The Hall–Kier alpha value is -1.51. The van der Waals surface area contributed by atoms with Crippen LogP contribution >= 0.6 is 0 Å². The molecule has 1 aromatic rings. The van der Waals surface area contributed by atoms with E-state index >= 15 is 0 Å². The molecule has 0 aliphatic heterocycles. The van der Waals surface area contributed by atoms with Crippen LogP contribution in [0.15, 0.2) is 18.2 Å². The number of carboxylic acids is 1. The molecule has 1 fully saturated rings. The molecule has 86 valence electrons. The smallest absolute Gasteiger partial charge is 0.337 e. The molecule has 2 N–H and O–H groups in total. The summed E-state index contributed by atoms with van der Waals surface area (Å²) < 4.78 is 0. The van der Waals surface area contributed by atoms with Crippen LogP contribution in [0.4, 0.5) is 5.69 Å². The van der Waals surface area contributed by atoms with E-state index in [0.29, 0.717) is 17.5 Å². The highest BCUT2D eigenvalue weighted by Gasteiger charge is 2.28. The summed E-state index contributed by atoms with van der Waals surface area (Å²) >= 11 is 0. The van der Waals surface area contributed by atoms with Crippen molar-refractivity contribution in [3.63, 3.8) is 0 Å². The van der Waals surface area contributed by atoms with Gasteiger partial charge in [-0.1, -0.05) is 6.07 Å². The van der Waals surface area contributed by atoms with E-state index in [1.165, 1.54) is 12.8 Å². The molecular weight excluding hydrogens is 202 g/mol. The lowest BCUT2D eigenvalue weighted by molar-refractivity contribution is 0.0698. The number of benzene rings is 1. The number of aryl methyl sites for hydroxylation is 1. The van der Waals surface area contributed by atoms with E-state index in [9.17, 15) is 4.79 Å². The summed E-state index contributed by atoms with van der Waals surface area (Å²) in [5.74, 6) is -0.160. The van der Waals surface area contributed by atoms with Crippen molar-refractivity contribution in [1.82, 2.24) is 0 Å². The van der Waals surface area contributed by atoms with E-state index in [-0.39, 0.29) is 0 Å². The first-order valence-corrected chi connectivity index (χ1v) is 5.68. The third kappa shape index (κ3) is 2.35. The molecule has 0 spiro atoms. The summed E-state index contributed by atoms with van der Waals surface area (Å²) in [4.78, 5) is 11.1. The average molecular weight is 219 g/mol. The molecule has 3 nitrogen and oxygen atoms in total. The maximum Gasteiger partial charge on any atom is 0.337 e. The Kier molecular flexibility index (Phi) is 2.86. The Morgan fingerprint density at radius 2 is 2.19 bits per heavy atom. The highest BCUT2D eigenvalue weighted by molar-refractivity contribution is 5.94. The van der Waals surface area contributed by atoms with Crippen LogP contribution in [0.5, 0.6) is 0 Å². The topological polar surface area (TPSA) is 49.3 Å². The average Bonchev–Trinajstić information content (AvgIpc) is 2.99. The molecule has 1 unspecified atom stereocenters. The quantitative estimate of drug-likeness (QED) is 0.818. The first-order valence-electron chi connectivity index (χ1n) is 5.68. The highest BCUT2D eigenvalue weighted by Crippen LogP contribution is 2.34. The molecule has 0 radical (unpaired) electrons. The lowest BCUT2D eigenvalue weighted by Crippen LogP contribution is -2.19. The number of carboxylic acid groups (broad SMARTS) is 1. The van der Waals surface area contributed by atoms with Gasteiger partial charge in [0, 0.05) is 11.7 Å². The Morgan fingerprint density at radius 1 is 1.50 bits per heavy atom. The van der Waals surface area contributed by atoms with Crippen molar-refractivity contribution in [2.75, 3.05) is 5.32 Å². The van der Waals surface area contributed by atoms with Gasteiger partial charge in [-0.2, -0.15) is 0 Å². The summed E-state index contributed by atoms with van der Waals surface area (Å²) in [7, 11) is 0. The van der Waals surface area contributed by atoms with Crippen molar-refractivity contribution in [2.45, 2.75) is 32.7 Å². The Labute approximate surface area is 95.5 Å². The summed E-state index contributed by atoms with van der Waals surface area (Å²) in [5.41, 5.74) is 2.18. The molecule has 1 saturated carbocycles. The van der Waals surface area contributed by atoms with Crippen molar-refractivity contribution in [1.29, 1.82) is 0 Å². The normalized spacial score (nSPS) is 16.9. The number of carbonyl (C=O) groups is 1. The number of hydrogen-bond donors (Lipinski definition) is 2. The summed E-state index contributed by atoms with van der Waals surface area (Å²) in [6.45, 7) is 4.09. The largest absolute Gasteiger partial charge is 0.478 e. The second kappa shape index (κ2) is 4.16. The Morgan fingerprint density at radius 3 is 2.75 bits per heavy atom. The van der Waals surface area contributed by atoms with Crippen LogP contribution in [0.2, 0.25) is 0 Å². The van der Waals surface area contributed by atoms with Gasteiger partial charge in [0.2, 0.25) is 0 Å². The van der Waals surface area contributed by atoms with E-state index in [1.54, 1.807) is 6.07 Å². The highest BCUT2D eigenvalue weighted by atomic mass is 16.4. The summed E-state index contributed by atoms with van der Waals surface area (Å²) in [6.07, 6.45) is 2.50. The monoisotopic (exact) mass is 219 g/mol. The predicted octanol–water partition coefficient (Wildman–Crippen LogP) is 2.90. The van der Waals surface area contributed by atoms with Gasteiger partial charge < -0.3 is 10.4 Å². The zero-order valence-corrected chi connectivity index (χ0v) is 9.66. The zero-order chi connectivity index (χ0) is 11.7. The van der Waals surface area contributed by atoms with E-state index in [4.69, 9.17) is 5.11 Å². The molecule has 0 bridgehead atoms. The van der Waals surface area contributed by atoms with Gasteiger partial charge in [-0.05, 0) is 50.3 Å². The van der Waals surface area contributed by atoms with Gasteiger partial charge >= 0.3 is 5.97 Å². The first kappa shape index (κ1) is 11.0. The minimum absolute atomic E-state index is 0.359. The molecule has 1 atom stereocenters. The van der Waals surface area contributed by atoms with Crippen LogP contribution in [-0.2, 0) is 0 Å². The van der Waals surface area contributed by atoms with Gasteiger partial charge in [-0.25, -0.2) is 4.79 Å². The standard InChI is InChI=1S/C13H17NO2/c1-8-3-6-11(13(15)16)12(7-8)14-9(2)10-4-5-10/h3,6-7,9-10,14H,4-5H2,1-2H3,(H,15,16). The van der Waals surface area contributed by atoms with E-state index in [1.807, 2.05) is 19.1 Å². The van der Waals surface area contributed by atoms with E-state index in [0.717, 1.165) is 11.3 Å². The van der Waals surface area contributed by atoms with Crippen molar-refractivity contribution in [3.8, 4) is 0 Å². The molecule has 3 heteroatoms. The summed E-state index contributed by atoms with van der Waals surface area (Å²) in [6, 6.07) is 5.76. The van der Waals surface area contributed by atoms with Gasteiger partial charge in [-0.15, -0.1) is 0 Å². The van der Waals surface area contributed by atoms with Gasteiger partial charge in [0.15, 0.2) is 0 Å². The van der Waals surface area contributed by atoms with Crippen LogP contribution in [-0.4, -0.2) is 17.1 Å². The fourth-order valence-electron chi connectivity index (χ4n) is 1.92. The van der Waals surface area contributed by atoms with Gasteiger partial charge in [-0.3, -0.25) is 0 Å². The van der Waals surface area contributed by atoms with E-state index in [2.05, 4.69) is 12.2 Å². The number of hydrogen-bond acceptors (Lipinski definition) is 2. The number of anilines is 1. The molecule has 16 heavy (non-hydrogen) atoms. The lowest BCUT2D eigenvalue weighted by Gasteiger charge is -2.16. The molecule has 1 aliphatic rings. The molecule has 1 aromatic carbocycles. The molecule has 0 aromatic heterocycles. The van der Waals surface area contributed by atoms with Crippen LogP contribution in [0, 0.1) is 12.8 Å². The predicted molar refractivity (Wildman–Crippen MR) is 63.9 cm³/mol. The van der Waals surface area contributed by atoms with Crippen LogP contribution in [0.1, 0.15) is 35.7 Å². The summed E-state index contributed by atoms with van der Waals surface area (Å²) in [5, 5.41) is 12.4. The number of nitrogens with one attached hydrogen (secondary N) is 1. The van der Waals surface area contributed by atoms with E-state index < -0.39 is 5.97 Å².